The summed E-state index contributed by atoms with van der Waals surface area (Å²) >= 11 is 12.6. The van der Waals surface area contributed by atoms with Crippen molar-refractivity contribution in [2.45, 2.75) is 32.6 Å². The van der Waals surface area contributed by atoms with Gasteiger partial charge in [-0.05, 0) is 61.2 Å². The topological polar surface area (TPSA) is 49.4 Å². The Bertz CT molecular complexity index is 973. The standard InChI is InChI=1S/C23H23ClN2O2S2/c1-16-6-5-7-19(14-16)25-21(27)8-3-2-4-13-26-22(28)20(30-23(26)29)15-17-9-11-18(24)12-10-17/h5-7,9-12,14-15H,2-4,8,13H2,1H3,(H,25,27)/b20-15-. The van der Waals surface area contributed by atoms with Crippen LogP contribution in [0, 0.1) is 6.92 Å². The molecule has 30 heavy (non-hydrogen) atoms. The molecule has 0 saturated carbocycles. The molecule has 1 fully saturated rings. The van der Waals surface area contributed by atoms with Crippen LogP contribution in [0.15, 0.2) is 53.4 Å². The van der Waals surface area contributed by atoms with Crippen molar-refractivity contribution in [1.29, 1.82) is 0 Å². The number of nitrogens with one attached hydrogen (secondary N) is 1. The molecule has 1 heterocycles. The lowest BCUT2D eigenvalue weighted by atomic mass is 10.1. The lowest BCUT2D eigenvalue weighted by molar-refractivity contribution is -0.122. The molecule has 0 aliphatic carbocycles. The van der Waals surface area contributed by atoms with Gasteiger partial charge in [0.2, 0.25) is 5.91 Å². The van der Waals surface area contributed by atoms with E-state index in [9.17, 15) is 9.59 Å². The number of hydrogen-bond donors (Lipinski definition) is 1. The van der Waals surface area contributed by atoms with Gasteiger partial charge < -0.3 is 5.32 Å². The SMILES string of the molecule is Cc1cccc(NC(=O)CCCCCN2C(=O)/C(=C/c3ccc(Cl)cc3)SC2=S)c1. The van der Waals surface area contributed by atoms with Crippen LogP contribution in [-0.4, -0.2) is 27.6 Å². The number of nitrogens with zero attached hydrogens (tertiary/aromatic N) is 1. The van der Waals surface area contributed by atoms with Gasteiger partial charge in [0.25, 0.3) is 5.91 Å². The minimum atomic E-state index is -0.0582. The summed E-state index contributed by atoms with van der Waals surface area (Å²) in [7, 11) is 0. The van der Waals surface area contributed by atoms with Crippen molar-refractivity contribution in [3.63, 3.8) is 0 Å². The second-order valence-corrected chi connectivity index (χ2v) is 9.23. The number of anilines is 1. The third-order valence-corrected chi connectivity index (χ3v) is 6.26. The zero-order chi connectivity index (χ0) is 21.5. The van der Waals surface area contributed by atoms with E-state index in [1.807, 2.05) is 49.4 Å². The Morgan fingerprint density at radius 2 is 1.93 bits per heavy atom. The number of carbonyl (C=O) groups excluding carboxylic acids is 2. The fourth-order valence-corrected chi connectivity index (χ4v) is 4.52. The average molecular weight is 459 g/mol. The zero-order valence-electron chi connectivity index (χ0n) is 16.7. The van der Waals surface area contributed by atoms with E-state index in [1.54, 1.807) is 17.0 Å². The maximum atomic E-state index is 12.6. The summed E-state index contributed by atoms with van der Waals surface area (Å²) in [5.41, 5.74) is 2.85. The van der Waals surface area contributed by atoms with Crippen molar-refractivity contribution in [1.82, 2.24) is 4.90 Å². The minimum Gasteiger partial charge on any atom is -0.326 e. The fraction of sp³-hybridized carbons (Fsp3) is 0.261. The van der Waals surface area contributed by atoms with Crippen molar-refractivity contribution in [3.05, 3.63) is 69.6 Å². The molecule has 2 aromatic carbocycles. The Morgan fingerprint density at radius 1 is 1.17 bits per heavy atom. The molecule has 3 rings (SSSR count). The molecule has 1 N–H and O–H groups in total. The second kappa shape index (κ2) is 10.8. The molecule has 0 spiro atoms. The van der Waals surface area contributed by atoms with Gasteiger partial charge in [-0.15, -0.1) is 0 Å². The molecule has 1 aliphatic heterocycles. The summed E-state index contributed by atoms with van der Waals surface area (Å²) in [6, 6.07) is 15.1. The molecule has 1 saturated heterocycles. The van der Waals surface area contributed by atoms with Crippen molar-refractivity contribution < 1.29 is 9.59 Å². The number of unbranched alkanes of at least 4 members (excludes halogenated alkanes) is 2. The predicted octanol–water partition coefficient (Wildman–Crippen LogP) is 6.05. The van der Waals surface area contributed by atoms with Crippen LogP contribution in [0.5, 0.6) is 0 Å². The second-order valence-electron chi connectivity index (χ2n) is 7.11. The molecule has 0 unspecified atom stereocenters. The Balaban J connectivity index is 1.41. The fourth-order valence-electron chi connectivity index (χ4n) is 3.08. The van der Waals surface area contributed by atoms with Crippen LogP contribution in [-0.2, 0) is 9.59 Å². The monoisotopic (exact) mass is 458 g/mol. The summed E-state index contributed by atoms with van der Waals surface area (Å²) in [6.45, 7) is 2.57. The molecule has 7 heteroatoms. The first-order valence-corrected chi connectivity index (χ1v) is 11.4. The third kappa shape index (κ3) is 6.42. The van der Waals surface area contributed by atoms with Gasteiger partial charge in [-0.25, -0.2) is 0 Å². The molecule has 2 amide bonds. The number of halogens is 1. The molecule has 156 valence electrons. The number of thioether (sulfide) groups is 1. The van der Waals surface area contributed by atoms with E-state index in [0.29, 0.717) is 27.2 Å². The van der Waals surface area contributed by atoms with Gasteiger partial charge in [0.1, 0.15) is 4.32 Å². The Morgan fingerprint density at radius 3 is 2.67 bits per heavy atom. The number of rotatable bonds is 8. The van der Waals surface area contributed by atoms with Gasteiger partial charge in [-0.2, -0.15) is 0 Å². The van der Waals surface area contributed by atoms with Gasteiger partial charge >= 0.3 is 0 Å². The molecular formula is C23H23ClN2O2S2. The van der Waals surface area contributed by atoms with E-state index in [-0.39, 0.29) is 11.8 Å². The van der Waals surface area contributed by atoms with Crippen LogP contribution in [0.25, 0.3) is 6.08 Å². The number of thiocarbonyl (C=S) groups is 1. The number of carbonyl (C=O) groups is 2. The van der Waals surface area contributed by atoms with Gasteiger partial charge in [-0.3, -0.25) is 14.5 Å². The summed E-state index contributed by atoms with van der Waals surface area (Å²) in [4.78, 5) is 27.0. The van der Waals surface area contributed by atoms with Crippen molar-refractivity contribution in [2.75, 3.05) is 11.9 Å². The lowest BCUT2D eigenvalue weighted by Gasteiger charge is -2.14. The molecule has 0 atom stereocenters. The van der Waals surface area contributed by atoms with E-state index < -0.39 is 0 Å². The van der Waals surface area contributed by atoms with E-state index >= 15 is 0 Å². The third-order valence-electron chi connectivity index (χ3n) is 4.63. The summed E-state index contributed by atoms with van der Waals surface area (Å²) in [6.07, 6.45) is 4.73. The quantitative estimate of drug-likeness (QED) is 0.297. The van der Waals surface area contributed by atoms with E-state index in [1.165, 1.54) is 11.8 Å². The van der Waals surface area contributed by atoms with Gasteiger partial charge in [-0.1, -0.05) is 66.3 Å². The first-order valence-electron chi connectivity index (χ1n) is 9.80. The smallest absolute Gasteiger partial charge is 0.266 e. The largest absolute Gasteiger partial charge is 0.326 e. The number of amides is 2. The highest BCUT2D eigenvalue weighted by Gasteiger charge is 2.31. The maximum absolute atomic E-state index is 12.6. The van der Waals surface area contributed by atoms with Crippen LogP contribution in [0.1, 0.15) is 36.8 Å². The van der Waals surface area contributed by atoms with Crippen LogP contribution in [0.3, 0.4) is 0 Å². The van der Waals surface area contributed by atoms with E-state index in [2.05, 4.69) is 5.32 Å². The number of aryl methyl sites for hydroxylation is 1. The van der Waals surface area contributed by atoms with Crippen LogP contribution in [0.2, 0.25) is 5.02 Å². The predicted molar refractivity (Wildman–Crippen MR) is 130 cm³/mol. The van der Waals surface area contributed by atoms with Crippen molar-refractivity contribution >= 4 is 63.5 Å². The Labute approximate surface area is 191 Å². The van der Waals surface area contributed by atoms with E-state index in [0.717, 1.165) is 36.1 Å². The van der Waals surface area contributed by atoms with Crippen molar-refractivity contribution in [3.8, 4) is 0 Å². The Hall–Kier alpha value is -2.15. The first-order chi connectivity index (χ1) is 14.4. The molecule has 2 aromatic rings. The molecule has 0 radical (unpaired) electrons. The van der Waals surface area contributed by atoms with Crippen LogP contribution >= 0.6 is 35.6 Å². The summed E-state index contributed by atoms with van der Waals surface area (Å²) in [5, 5.41) is 3.58. The van der Waals surface area contributed by atoms with Gasteiger partial charge in [0.15, 0.2) is 0 Å². The van der Waals surface area contributed by atoms with E-state index in [4.69, 9.17) is 23.8 Å². The van der Waals surface area contributed by atoms with Gasteiger partial charge in [0, 0.05) is 23.7 Å². The van der Waals surface area contributed by atoms with Crippen LogP contribution in [0.4, 0.5) is 5.69 Å². The molecular weight excluding hydrogens is 436 g/mol. The normalized spacial score (nSPS) is 15.1. The summed E-state index contributed by atoms with van der Waals surface area (Å²) < 4.78 is 0.581. The Kier molecular flexibility index (Phi) is 8.08. The minimum absolute atomic E-state index is 0.0112. The number of benzene rings is 2. The summed E-state index contributed by atoms with van der Waals surface area (Å²) in [5.74, 6) is -0.0470. The lowest BCUT2D eigenvalue weighted by Crippen LogP contribution is -2.29. The van der Waals surface area contributed by atoms with Crippen LogP contribution < -0.4 is 5.32 Å². The van der Waals surface area contributed by atoms with Crippen molar-refractivity contribution in [2.24, 2.45) is 0 Å². The molecule has 1 aliphatic rings. The maximum Gasteiger partial charge on any atom is 0.266 e. The highest BCUT2D eigenvalue weighted by molar-refractivity contribution is 8.26. The average Bonchev–Trinajstić information content (AvgIpc) is 2.96. The molecule has 4 nitrogen and oxygen atoms in total. The van der Waals surface area contributed by atoms with Gasteiger partial charge in [0.05, 0.1) is 4.91 Å². The first kappa shape index (κ1) is 22.5. The molecule has 0 bridgehead atoms. The highest BCUT2D eigenvalue weighted by atomic mass is 35.5. The number of hydrogen-bond acceptors (Lipinski definition) is 4. The highest BCUT2D eigenvalue weighted by Crippen LogP contribution is 2.33. The molecule has 0 aromatic heterocycles. The zero-order valence-corrected chi connectivity index (χ0v) is 19.1.